The molecule has 1 aromatic rings. The van der Waals surface area contributed by atoms with Crippen molar-refractivity contribution in [1.82, 2.24) is 0 Å². The third-order valence-electron chi connectivity index (χ3n) is 3.31. The van der Waals surface area contributed by atoms with Crippen molar-refractivity contribution in [3.63, 3.8) is 0 Å². The van der Waals surface area contributed by atoms with E-state index in [1.807, 2.05) is 57.2 Å². The van der Waals surface area contributed by atoms with E-state index in [-0.39, 0.29) is 6.10 Å². The number of hydrogen-bond donors (Lipinski definition) is 0. The van der Waals surface area contributed by atoms with E-state index in [4.69, 9.17) is 9.47 Å². The van der Waals surface area contributed by atoms with Crippen LogP contribution in [0.1, 0.15) is 43.1 Å². The van der Waals surface area contributed by atoms with Crippen LogP contribution in [-0.4, -0.2) is 26.6 Å². The number of hydrogen-bond acceptors (Lipinski definition) is 3. The molecule has 0 heterocycles. The van der Waals surface area contributed by atoms with E-state index in [0.717, 1.165) is 29.6 Å². The summed E-state index contributed by atoms with van der Waals surface area (Å²) in [5, 5.41) is 0. The Morgan fingerprint density at radius 2 is 1.82 bits per heavy atom. The molecule has 0 aliphatic carbocycles. The second-order valence-electron chi connectivity index (χ2n) is 4.86. The summed E-state index contributed by atoms with van der Waals surface area (Å²) >= 11 is 0. The largest absolute Gasteiger partial charge is 0.501 e. The quantitative estimate of drug-likeness (QED) is 0.433. The number of benzene rings is 1. The van der Waals surface area contributed by atoms with Gasteiger partial charge in [-0.15, -0.1) is 0 Å². The van der Waals surface area contributed by atoms with Crippen LogP contribution in [0, 0.1) is 6.92 Å². The van der Waals surface area contributed by atoms with Crippen LogP contribution < -0.4 is 0 Å². The predicted molar refractivity (Wildman–Crippen MR) is 92.2 cm³/mol. The maximum absolute atomic E-state index is 10.1. The van der Waals surface area contributed by atoms with Gasteiger partial charge in [-0.05, 0) is 32.4 Å². The van der Waals surface area contributed by atoms with Crippen LogP contribution in [0.15, 0.2) is 47.7 Å². The molecule has 0 aromatic heterocycles. The summed E-state index contributed by atoms with van der Waals surface area (Å²) in [4.78, 5) is 10.1. The zero-order valence-corrected chi connectivity index (χ0v) is 14.6. The second kappa shape index (κ2) is 11.8. The molecule has 1 unspecified atom stereocenters. The Bertz CT molecular complexity index is 478. The Balaban J connectivity index is 0.000000425. The van der Waals surface area contributed by atoms with Gasteiger partial charge in [0.15, 0.2) is 0 Å². The number of aryl methyl sites for hydroxylation is 1. The van der Waals surface area contributed by atoms with Gasteiger partial charge in [0, 0.05) is 19.1 Å². The van der Waals surface area contributed by atoms with E-state index in [0.29, 0.717) is 0 Å². The van der Waals surface area contributed by atoms with Crippen molar-refractivity contribution in [1.29, 1.82) is 0 Å². The molecule has 0 spiro atoms. The van der Waals surface area contributed by atoms with Gasteiger partial charge in [-0.1, -0.05) is 42.8 Å². The van der Waals surface area contributed by atoms with Gasteiger partial charge in [-0.25, -0.2) is 0 Å². The van der Waals surface area contributed by atoms with E-state index in [1.54, 1.807) is 14.2 Å². The van der Waals surface area contributed by atoms with Crippen LogP contribution in [0.3, 0.4) is 0 Å². The number of aldehydes is 1. The molecule has 1 atom stereocenters. The summed E-state index contributed by atoms with van der Waals surface area (Å²) in [6.45, 7) is 8.09. The summed E-state index contributed by atoms with van der Waals surface area (Å²) in [5.74, 6) is 0.983. The van der Waals surface area contributed by atoms with E-state index < -0.39 is 0 Å². The minimum Gasteiger partial charge on any atom is -0.501 e. The molecule has 22 heavy (non-hydrogen) atoms. The summed E-state index contributed by atoms with van der Waals surface area (Å²) in [6, 6.07) is 7.46. The predicted octanol–water partition coefficient (Wildman–Crippen LogP) is 4.72. The molecule has 0 fully saturated rings. The highest BCUT2D eigenvalue weighted by molar-refractivity contribution is 5.74. The average molecular weight is 304 g/mol. The second-order valence-corrected chi connectivity index (χ2v) is 4.86. The molecule has 0 radical (unpaired) electrons. The van der Waals surface area contributed by atoms with Crippen LogP contribution in [0.5, 0.6) is 0 Å². The maximum Gasteiger partial charge on any atom is 0.150 e. The lowest BCUT2D eigenvalue weighted by Gasteiger charge is -2.12. The van der Waals surface area contributed by atoms with Crippen molar-refractivity contribution < 1.29 is 14.3 Å². The lowest BCUT2D eigenvalue weighted by atomic mass is 10.1. The monoisotopic (exact) mass is 304 g/mol. The van der Waals surface area contributed by atoms with Crippen molar-refractivity contribution in [2.75, 3.05) is 14.2 Å². The van der Waals surface area contributed by atoms with Gasteiger partial charge in [-0.3, -0.25) is 4.79 Å². The normalized spacial score (nSPS) is 13.0. The Hall–Kier alpha value is -1.87. The first-order valence-electron chi connectivity index (χ1n) is 7.47. The number of allylic oxidation sites excluding steroid dienone is 2. The van der Waals surface area contributed by atoms with Gasteiger partial charge >= 0.3 is 0 Å². The third kappa shape index (κ3) is 7.79. The first-order chi connectivity index (χ1) is 10.5. The fourth-order valence-corrected chi connectivity index (χ4v) is 1.71. The van der Waals surface area contributed by atoms with Gasteiger partial charge in [0.1, 0.15) is 6.29 Å². The van der Waals surface area contributed by atoms with Gasteiger partial charge in [-0.2, -0.15) is 0 Å². The van der Waals surface area contributed by atoms with Crippen molar-refractivity contribution in [3.8, 4) is 0 Å². The summed E-state index contributed by atoms with van der Waals surface area (Å²) < 4.78 is 10.4. The molecule has 3 nitrogen and oxygen atoms in total. The minimum atomic E-state index is 0.127. The molecule has 122 valence electrons. The molecule has 3 heteroatoms. The number of ether oxygens (including phenoxy) is 2. The van der Waals surface area contributed by atoms with Crippen molar-refractivity contribution in [2.24, 2.45) is 0 Å². The van der Waals surface area contributed by atoms with Gasteiger partial charge in [0.25, 0.3) is 0 Å². The van der Waals surface area contributed by atoms with Crippen LogP contribution in [0.4, 0.5) is 0 Å². The molecule has 0 aliphatic rings. The fourth-order valence-electron chi connectivity index (χ4n) is 1.71. The number of carbonyl (C=O) groups is 1. The van der Waals surface area contributed by atoms with Gasteiger partial charge in [0.05, 0.1) is 19.0 Å². The Kier molecular flexibility index (Phi) is 10.8. The third-order valence-corrected chi connectivity index (χ3v) is 3.31. The molecule has 0 bridgehead atoms. The highest BCUT2D eigenvalue weighted by atomic mass is 16.5. The van der Waals surface area contributed by atoms with Crippen LogP contribution in [0.2, 0.25) is 0 Å². The molecule has 1 rings (SSSR count). The van der Waals surface area contributed by atoms with E-state index in [1.165, 1.54) is 5.56 Å². The maximum atomic E-state index is 10.1. The van der Waals surface area contributed by atoms with E-state index >= 15 is 0 Å². The Morgan fingerprint density at radius 1 is 1.23 bits per heavy atom. The standard InChI is InChI=1S/C11H20O2.C8H8O/c1-6-10(9(3)12-4)8-11(7-2)13-5;1-7-2-4-8(6-9)5-3-7/h6,8-9H,7H2,1-5H3;2-6H,1H3/b10-6+,11-8+;. The first kappa shape index (κ1) is 20.1. The highest BCUT2D eigenvalue weighted by Gasteiger charge is 2.04. The zero-order chi connectivity index (χ0) is 17.0. The number of rotatable bonds is 6. The Morgan fingerprint density at radius 3 is 2.18 bits per heavy atom. The lowest BCUT2D eigenvalue weighted by Crippen LogP contribution is -2.07. The minimum absolute atomic E-state index is 0.127. The SMILES string of the molecule is C/C=C(\C=C(/CC)OC)C(C)OC.Cc1ccc(C=O)cc1. The molecule has 0 amide bonds. The highest BCUT2D eigenvalue weighted by Crippen LogP contribution is 2.12. The van der Waals surface area contributed by atoms with Gasteiger partial charge < -0.3 is 9.47 Å². The number of carbonyl (C=O) groups excluding carboxylic acids is 1. The zero-order valence-electron chi connectivity index (χ0n) is 14.6. The molecular weight excluding hydrogens is 276 g/mol. The number of methoxy groups -OCH3 is 2. The molecule has 0 aliphatic heterocycles. The smallest absolute Gasteiger partial charge is 0.150 e. The molecule has 0 N–H and O–H groups in total. The average Bonchev–Trinajstić information content (AvgIpc) is 2.56. The van der Waals surface area contributed by atoms with E-state index in [2.05, 4.69) is 6.92 Å². The van der Waals surface area contributed by atoms with Crippen molar-refractivity contribution in [2.45, 2.75) is 40.2 Å². The Labute approximate surface area is 134 Å². The summed E-state index contributed by atoms with van der Waals surface area (Å²) in [6.07, 6.45) is 5.96. The van der Waals surface area contributed by atoms with Crippen molar-refractivity contribution in [3.05, 3.63) is 58.9 Å². The summed E-state index contributed by atoms with van der Waals surface area (Å²) in [7, 11) is 3.40. The van der Waals surface area contributed by atoms with Crippen molar-refractivity contribution >= 4 is 6.29 Å². The molecule has 0 saturated carbocycles. The fraction of sp³-hybridized carbons (Fsp3) is 0.421. The van der Waals surface area contributed by atoms with E-state index in [9.17, 15) is 4.79 Å². The topological polar surface area (TPSA) is 35.5 Å². The molecule has 0 saturated heterocycles. The first-order valence-corrected chi connectivity index (χ1v) is 7.47. The molecule has 1 aromatic carbocycles. The lowest BCUT2D eigenvalue weighted by molar-refractivity contribution is 0.112. The van der Waals surface area contributed by atoms with Crippen LogP contribution >= 0.6 is 0 Å². The van der Waals surface area contributed by atoms with Crippen LogP contribution in [0.25, 0.3) is 0 Å². The molecular formula is C19H28O3. The van der Waals surface area contributed by atoms with Gasteiger partial charge in [0.2, 0.25) is 0 Å². The van der Waals surface area contributed by atoms with Crippen LogP contribution in [-0.2, 0) is 9.47 Å². The summed E-state index contributed by atoms with van der Waals surface area (Å²) in [5.41, 5.74) is 3.07.